The summed E-state index contributed by atoms with van der Waals surface area (Å²) in [5, 5.41) is 4.27. The smallest absolute Gasteiger partial charge is 0.137 e. The minimum absolute atomic E-state index is 0.331. The molecule has 0 aliphatic heterocycles. The van der Waals surface area contributed by atoms with Gasteiger partial charge in [0.25, 0.3) is 0 Å². The number of para-hydroxylation sites is 1. The molecule has 0 fully saturated rings. The Labute approximate surface area is 121 Å². The van der Waals surface area contributed by atoms with E-state index >= 15 is 0 Å². The van der Waals surface area contributed by atoms with Crippen molar-refractivity contribution in [3.05, 3.63) is 60.1 Å². The summed E-state index contributed by atoms with van der Waals surface area (Å²) in [6.07, 6.45) is 3.33. The highest BCUT2D eigenvalue weighted by Crippen LogP contribution is 2.21. The Morgan fingerprint density at radius 2 is 2.15 bits per heavy atom. The van der Waals surface area contributed by atoms with Gasteiger partial charge in [0.15, 0.2) is 0 Å². The molecule has 3 rings (SSSR count). The van der Waals surface area contributed by atoms with Crippen LogP contribution in [0.3, 0.4) is 0 Å². The maximum Gasteiger partial charge on any atom is 0.137 e. The van der Waals surface area contributed by atoms with Gasteiger partial charge in [-0.3, -0.25) is 0 Å². The van der Waals surface area contributed by atoms with Gasteiger partial charge >= 0.3 is 0 Å². The molecule has 2 aromatic heterocycles. The first-order chi connectivity index (χ1) is 9.74. The third-order valence-electron chi connectivity index (χ3n) is 3.03. The summed E-state index contributed by atoms with van der Waals surface area (Å²) in [6, 6.07) is 11.7. The topological polar surface area (TPSA) is 64.1 Å². The molecule has 5 heteroatoms. The number of aromatic nitrogens is 1. The van der Waals surface area contributed by atoms with Gasteiger partial charge in [0, 0.05) is 17.5 Å². The number of hydrogen-bond acceptors (Lipinski definition) is 4. The molecular weight excluding hydrogens is 270 g/mol. The van der Waals surface area contributed by atoms with Crippen LogP contribution in [0.25, 0.3) is 10.9 Å². The maximum absolute atomic E-state index is 5.79. The minimum Gasteiger partial charge on any atom is -0.472 e. The number of thiocarbonyl (C=S) groups is 1. The van der Waals surface area contributed by atoms with Gasteiger partial charge in [0.2, 0.25) is 0 Å². The molecule has 0 radical (unpaired) electrons. The second-order valence-corrected chi connectivity index (χ2v) is 4.87. The van der Waals surface area contributed by atoms with Gasteiger partial charge in [0.1, 0.15) is 10.8 Å². The second-order valence-electron chi connectivity index (χ2n) is 4.43. The Balaban J connectivity index is 1.98. The van der Waals surface area contributed by atoms with Gasteiger partial charge < -0.3 is 15.5 Å². The van der Waals surface area contributed by atoms with Crippen molar-refractivity contribution in [3.8, 4) is 0 Å². The predicted octanol–water partition coefficient (Wildman–Crippen LogP) is 3.07. The second kappa shape index (κ2) is 5.30. The van der Waals surface area contributed by atoms with Crippen LogP contribution >= 0.6 is 12.2 Å². The molecule has 0 unspecified atom stereocenters. The number of rotatable bonds is 4. The minimum atomic E-state index is 0.331. The Morgan fingerprint density at radius 1 is 1.30 bits per heavy atom. The molecule has 3 N–H and O–H groups in total. The number of hydrogen-bond donors (Lipinski definition) is 2. The average Bonchev–Trinajstić information content (AvgIpc) is 2.97. The fraction of sp³-hybridized carbons (Fsp3) is 0.0667. The Kier molecular flexibility index (Phi) is 3.35. The summed E-state index contributed by atoms with van der Waals surface area (Å²) in [4.78, 5) is 4.92. The van der Waals surface area contributed by atoms with Crippen LogP contribution in [0.4, 0.5) is 5.82 Å². The first kappa shape index (κ1) is 12.6. The Hall–Kier alpha value is -2.40. The van der Waals surface area contributed by atoms with E-state index in [2.05, 4.69) is 10.3 Å². The number of nitrogens with one attached hydrogen (secondary N) is 1. The molecule has 1 aromatic carbocycles. The van der Waals surface area contributed by atoms with Gasteiger partial charge in [-0.2, -0.15) is 0 Å². The SMILES string of the molecule is NC(=S)c1cc2ccccc2nc1NCc1ccoc1. The molecule has 0 amide bonds. The largest absolute Gasteiger partial charge is 0.472 e. The lowest BCUT2D eigenvalue weighted by atomic mass is 10.1. The number of anilines is 1. The van der Waals surface area contributed by atoms with Crippen LogP contribution in [0.1, 0.15) is 11.1 Å². The number of furan rings is 1. The number of benzene rings is 1. The van der Waals surface area contributed by atoms with Crippen molar-refractivity contribution in [3.63, 3.8) is 0 Å². The summed E-state index contributed by atoms with van der Waals surface area (Å²) in [5.74, 6) is 0.692. The molecule has 2 heterocycles. The van der Waals surface area contributed by atoms with Crippen molar-refractivity contribution in [1.82, 2.24) is 4.98 Å². The fourth-order valence-corrected chi connectivity index (χ4v) is 2.17. The van der Waals surface area contributed by atoms with E-state index in [0.29, 0.717) is 17.4 Å². The molecule has 100 valence electrons. The molecule has 0 aliphatic rings. The Bertz CT molecular complexity index is 753. The zero-order valence-electron chi connectivity index (χ0n) is 10.7. The van der Waals surface area contributed by atoms with Crippen LogP contribution in [0.2, 0.25) is 0 Å². The van der Waals surface area contributed by atoms with Gasteiger partial charge in [-0.1, -0.05) is 30.4 Å². The van der Waals surface area contributed by atoms with Crippen molar-refractivity contribution in [2.45, 2.75) is 6.54 Å². The summed E-state index contributed by atoms with van der Waals surface area (Å²) in [5.41, 5.74) is 8.48. The highest BCUT2D eigenvalue weighted by Gasteiger charge is 2.09. The quantitative estimate of drug-likeness (QED) is 0.720. The van der Waals surface area contributed by atoms with Crippen LogP contribution in [-0.4, -0.2) is 9.97 Å². The Morgan fingerprint density at radius 3 is 2.90 bits per heavy atom. The van der Waals surface area contributed by atoms with Gasteiger partial charge in [0.05, 0.1) is 23.6 Å². The van der Waals surface area contributed by atoms with Gasteiger partial charge in [-0.25, -0.2) is 4.98 Å². The zero-order valence-corrected chi connectivity index (χ0v) is 11.5. The maximum atomic E-state index is 5.79. The summed E-state index contributed by atoms with van der Waals surface area (Å²) >= 11 is 5.11. The van der Waals surface area contributed by atoms with Crippen molar-refractivity contribution < 1.29 is 4.42 Å². The van der Waals surface area contributed by atoms with Gasteiger partial charge in [-0.15, -0.1) is 0 Å². The molecule has 3 aromatic rings. The van der Waals surface area contributed by atoms with Crippen LogP contribution in [0, 0.1) is 0 Å². The molecule has 0 bridgehead atoms. The molecule has 4 nitrogen and oxygen atoms in total. The summed E-state index contributed by atoms with van der Waals surface area (Å²) < 4.78 is 5.04. The molecule has 0 saturated heterocycles. The van der Waals surface area contributed by atoms with E-state index in [1.165, 1.54) is 0 Å². The number of nitrogens with zero attached hydrogens (tertiary/aromatic N) is 1. The van der Waals surface area contributed by atoms with Crippen LogP contribution in [0.15, 0.2) is 53.3 Å². The van der Waals surface area contributed by atoms with E-state index in [4.69, 9.17) is 22.4 Å². The number of fused-ring (bicyclic) bond motifs is 1. The lowest BCUT2D eigenvalue weighted by Crippen LogP contribution is -2.14. The molecule has 0 saturated carbocycles. The zero-order chi connectivity index (χ0) is 13.9. The molecular formula is C15H13N3OS. The lowest BCUT2D eigenvalue weighted by Gasteiger charge is -2.11. The normalized spacial score (nSPS) is 10.6. The van der Waals surface area contributed by atoms with Crippen molar-refractivity contribution in [1.29, 1.82) is 0 Å². The van der Waals surface area contributed by atoms with E-state index in [1.807, 2.05) is 36.4 Å². The fourth-order valence-electron chi connectivity index (χ4n) is 2.02. The predicted molar refractivity (Wildman–Crippen MR) is 83.7 cm³/mol. The van der Waals surface area contributed by atoms with E-state index < -0.39 is 0 Å². The van der Waals surface area contributed by atoms with Crippen LogP contribution in [-0.2, 0) is 6.54 Å². The molecule has 0 atom stereocenters. The first-order valence-corrected chi connectivity index (χ1v) is 6.59. The highest BCUT2D eigenvalue weighted by atomic mass is 32.1. The van der Waals surface area contributed by atoms with E-state index in [9.17, 15) is 0 Å². The first-order valence-electron chi connectivity index (χ1n) is 6.18. The standard InChI is InChI=1S/C15H13N3OS/c16-14(20)12-7-11-3-1-2-4-13(11)18-15(12)17-8-10-5-6-19-9-10/h1-7,9H,8H2,(H2,16,20)(H,17,18). The lowest BCUT2D eigenvalue weighted by molar-refractivity contribution is 0.564. The summed E-state index contributed by atoms with van der Waals surface area (Å²) in [7, 11) is 0. The van der Waals surface area contributed by atoms with E-state index in [-0.39, 0.29) is 0 Å². The van der Waals surface area contributed by atoms with Gasteiger partial charge in [-0.05, 0) is 18.2 Å². The monoisotopic (exact) mass is 283 g/mol. The van der Waals surface area contributed by atoms with E-state index in [1.54, 1.807) is 12.5 Å². The van der Waals surface area contributed by atoms with Crippen molar-refractivity contribution in [2.24, 2.45) is 5.73 Å². The molecule has 20 heavy (non-hydrogen) atoms. The molecule has 0 spiro atoms. The third kappa shape index (κ3) is 2.48. The van der Waals surface area contributed by atoms with Crippen molar-refractivity contribution >= 4 is 33.9 Å². The highest BCUT2D eigenvalue weighted by molar-refractivity contribution is 7.80. The third-order valence-corrected chi connectivity index (χ3v) is 3.25. The number of nitrogens with two attached hydrogens (primary N) is 1. The summed E-state index contributed by atoms with van der Waals surface area (Å²) in [6.45, 7) is 0.609. The van der Waals surface area contributed by atoms with Crippen LogP contribution < -0.4 is 11.1 Å². The van der Waals surface area contributed by atoms with Crippen LogP contribution in [0.5, 0.6) is 0 Å². The molecule has 0 aliphatic carbocycles. The average molecular weight is 283 g/mol. The van der Waals surface area contributed by atoms with Crippen molar-refractivity contribution in [2.75, 3.05) is 5.32 Å². The van der Waals surface area contributed by atoms with E-state index in [0.717, 1.165) is 22.0 Å². The number of pyridine rings is 1.